The quantitative estimate of drug-likeness (QED) is 0.582. The van der Waals surface area contributed by atoms with Gasteiger partial charge < -0.3 is 4.74 Å². The highest BCUT2D eigenvalue weighted by Crippen LogP contribution is 2.25. The third-order valence-corrected chi connectivity index (χ3v) is 4.47. The van der Waals surface area contributed by atoms with Gasteiger partial charge in [-0.1, -0.05) is 17.7 Å². The molecule has 1 aromatic heterocycles. The fraction of sp³-hybridized carbons (Fsp3) is 0.238. The number of ether oxygens (including phenoxy) is 1. The first kappa shape index (κ1) is 19.1. The maximum atomic E-state index is 13.5. The second-order valence-electron chi connectivity index (χ2n) is 6.35. The van der Waals surface area contributed by atoms with E-state index in [1.807, 2.05) is 32.2 Å². The Hall–Kier alpha value is -2.66. The molecule has 4 nitrogen and oxygen atoms in total. The molecule has 0 saturated heterocycles. The molecule has 0 aliphatic rings. The molecule has 0 saturated carbocycles. The monoisotopic (exact) mass is 386 g/mol. The zero-order valence-corrected chi connectivity index (χ0v) is 16.2. The Bertz CT molecular complexity index is 978. The van der Waals surface area contributed by atoms with Gasteiger partial charge in [0.05, 0.1) is 23.6 Å². The van der Waals surface area contributed by atoms with Gasteiger partial charge in [-0.3, -0.25) is 4.68 Å². The summed E-state index contributed by atoms with van der Waals surface area (Å²) in [5.41, 5.74) is 4.81. The van der Waals surface area contributed by atoms with Gasteiger partial charge in [0.1, 0.15) is 5.82 Å². The summed E-state index contributed by atoms with van der Waals surface area (Å²) < 4.78 is 20.4. The molecular weight excluding hydrogens is 367 g/mol. The van der Waals surface area contributed by atoms with Gasteiger partial charge in [0.2, 0.25) is 0 Å². The summed E-state index contributed by atoms with van der Waals surface area (Å²) in [5, 5.41) is 4.88. The fourth-order valence-corrected chi connectivity index (χ4v) is 3.31. The van der Waals surface area contributed by atoms with E-state index < -0.39 is 0 Å². The number of benzene rings is 2. The summed E-state index contributed by atoms with van der Waals surface area (Å²) in [6, 6.07) is 12.0. The summed E-state index contributed by atoms with van der Waals surface area (Å²) in [6.45, 7) is 4.00. The smallest absolute Gasteiger partial charge is 0.338 e. The summed E-state index contributed by atoms with van der Waals surface area (Å²) >= 11 is 5.93. The molecule has 0 bridgehead atoms. The van der Waals surface area contributed by atoms with Gasteiger partial charge in [0, 0.05) is 24.1 Å². The van der Waals surface area contributed by atoms with E-state index in [9.17, 15) is 9.18 Å². The minimum absolute atomic E-state index is 0.324. The largest absolute Gasteiger partial charge is 0.462 e. The SMILES string of the molecule is CCOC(=O)c1ccc(-c2cc(Cc3cc(F)cc(Cl)c3)nn2C)cc1C. The number of hydrogen-bond acceptors (Lipinski definition) is 3. The first-order valence-corrected chi connectivity index (χ1v) is 9.01. The molecule has 0 radical (unpaired) electrons. The molecule has 27 heavy (non-hydrogen) atoms. The van der Waals surface area contributed by atoms with Crippen molar-refractivity contribution in [3.05, 3.63) is 75.7 Å². The van der Waals surface area contributed by atoms with Crippen LogP contribution in [0.15, 0.2) is 42.5 Å². The molecule has 0 aliphatic heterocycles. The molecule has 1 heterocycles. The van der Waals surface area contributed by atoms with E-state index in [1.165, 1.54) is 12.1 Å². The van der Waals surface area contributed by atoms with E-state index in [0.717, 1.165) is 28.1 Å². The van der Waals surface area contributed by atoms with Gasteiger partial charge in [-0.2, -0.15) is 5.10 Å². The molecule has 6 heteroatoms. The summed E-state index contributed by atoms with van der Waals surface area (Å²) in [6.07, 6.45) is 0.477. The Kier molecular flexibility index (Phi) is 5.61. The minimum atomic E-state index is -0.362. The van der Waals surface area contributed by atoms with E-state index >= 15 is 0 Å². The van der Waals surface area contributed by atoms with E-state index in [2.05, 4.69) is 5.10 Å². The number of carbonyl (C=O) groups is 1. The molecule has 2 aromatic carbocycles. The van der Waals surface area contributed by atoms with Crippen LogP contribution in [0.2, 0.25) is 5.02 Å². The molecule has 0 aliphatic carbocycles. The van der Waals surface area contributed by atoms with Crippen LogP contribution in [0.5, 0.6) is 0 Å². The van der Waals surface area contributed by atoms with Crippen molar-refractivity contribution in [3.8, 4) is 11.3 Å². The zero-order valence-electron chi connectivity index (χ0n) is 15.4. The van der Waals surface area contributed by atoms with Gasteiger partial charge in [-0.15, -0.1) is 0 Å². The summed E-state index contributed by atoms with van der Waals surface area (Å²) in [4.78, 5) is 12.0. The van der Waals surface area contributed by atoms with Crippen LogP contribution in [0, 0.1) is 12.7 Å². The normalized spacial score (nSPS) is 10.9. The van der Waals surface area contributed by atoms with Crippen LogP contribution < -0.4 is 0 Å². The van der Waals surface area contributed by atoms with Gasteiger partial charge in [0.15, 0.2) is 0 Å². The maximum absolute atomic E-state index is 13.5. The predicted molar refractivity (Wildman–Crippen MR) is 104 cm³/mol. The highest BCUT2D eigenvalue weighted by atomic mass is 35.5. The average molecular weight is 387 g/mol. The highest BCUT2D eigenvalue weighted by molar-refractivity contribution is 6.30. The first-order chi connectivity index (χ1) is 12.9. The lowest BCUT2D eigenvalue weighted by Gasteiger charge is -2.08. The lowest BCUT2D eigenvalue weighted by Crippen LogP contribution is -2.06. The van der Waals surface area contributed by atoms with Crippen LogP contribution >= 0.6 is 11.6 Å². The van der Waals surface area contributed by atoms with Crippen molar-refractivity contribution in [2.75, 3.05) is 6.61 Å². The Morgan fingerprint density at radius 2 is 2.00 bits per heavy atom. The van der Waals surface area contributed by atoms with Crippen molar-refractivity contribution in [2.45, 2.75) is 20.3 Å². The molecule has 0 amide bonds. The van der Waals surface area contributed by atoms with Crippen molar-refractivity contribution in [3.63, 3.8) is 0 Å². The van der Waals surface area contributed by atoms with Crippen LogP contribution in [-0.4, -0.2) is 22.4 Å². The summed E-state index contributed by atoms with van der Waals surface area (Å²) in [7, 11) is 1.85. The van der Waals surface area contributed by atoms with Gasteiger partial charge in [0.25, 0.3) is 0 Å². The van der Waals surface area contributed by atoms with Crippen molar-refractivity contribution in [1.29, 1.82) is 0 Å². The van der Waals surface area contributed by atoms with Crippen molar-refractivity contribution >= 4 is 17.6 Å². The topological polar surface area (TPSA) is 44.1 Å². The third kappa shape index (κ3) is 4.37. The van der Waals surface area contributed by atoms with Crippen LogP contribution in [-0.2, 0) is 18.2 Å². The lowest BCUT2D eigenvalue weighted by atomic mass is 10.0. The maximum Gasteiger partial charge on any atom is 0.338 e. The molecule has 0 unspecified atom stereocenters. The Balaban J connectivity index is 1.88. The average Bonchev–Trinajstić information content (AvgIpc) is 2.94. The number of hydrogen-bond donors (Lipinski definition) is 0. The number of carbonyl (C=O) groups excluding carboxylic acids is 1. The molecule has 140 valence electrons. The van der Waals surface area contributed by atoms with E-state index in [1.54, 1.807) is 23.7 Å². The molecule has 3 rings (SSSR count). The van der Waals surface area contributed by atoms with E-state index in [0.29, 0.717) is 23.6 Å². The fourth-order valence-electron chi connectivity index (χ4n) is 3.07. The van der Waals surface area contributed by atoms with Crippen molar-refractivity contribution in [2.24, 2.45) is 7.05 Å². The van der Waals surface area contributed by atoms with Crippen LogP contribution in [0.4, 0.5) is 4.39 Å². The van der Waals surface area contributed by atoms with E-state index in [4.69, 9.17) is 16.3 Å². The van der Waals surface area contributed by atoms with Crippen LogP contribution in [0.1, 0.15) is 34.1 Å². The Labute approximate surface area is 162 Å². The predicted octanol–water partition coefficient (Wildman–Crippen LogP) is 4.96. The number of esters is 1. The molecule has 0 N–H and O–H groups in total. The number of aromatic nitrogens is 2. The Morgan fingerprint density at radius 3 is 2.67 bits per heavy atom. The first-order valence-electron chi connectivity index (χ1n) is 8.63. The molecule has 3 aromatic rings. The van der Waals surface area contributed by atoms with Gasteiger partial charge >= 0.3 is 5.97 Å². The Morgan fingerprint density at radius 1 is 1.22 bits per heavy atom. The van der Waals surface area contributed by atoms with Crippen molar-refractivity contribution < 1.29 is 13.9 Å². The van der Waals surface area contributed by atoms with Crippen molar-refractivity contribution in [1.82, 2.24) is 9.78 Å². The second kappa shape index (κ2) is 7.92. The molecular formula is C21H20ClFN2O2. The molecule has 0 atom stereocenters. The highest BCUT2D eigenvalue weighted by Gasteiger charge is 2.14. The van der Waals surface area contributed by atoms with Crippen LogP contribution in [0.3, 0.4) is 0 Å². The lowest BCUT2D eigenvalue weighted by molar-refractivity contribution is 0.0525. The standard InChI is InChI=1S/C21H20ClFN2O2/c1-4-27-21(26)19-6-5-15(7-13(19)2)20-12-18(24-25(20)3)10-14-8-16(22)11-17(23)9-14/h5-9,11-12H,4,10H2,1-3H3. The van der Waals surface area contributed by atoms with Gasteiger partial charge in [-0.25, -0.2) is 9.18 Å². The zero-order chi connectivity index (χ0) is 19.6. The summed E-state index contributed by atoms with van der Waals surface area (Å²) in [5.74, 6) is -0.686. The number of aryl methyl sites for hydroxylation is 2. The van der Waals surface area contributed by atoms with E-state index in [-0.39, 0.29) is 11.8 Å². The van der Waals surface area contributed by atoms with Gasteiger partial charge in [-0.05, 0) is 61.4 Å². The molecule has 0 spiro atoms. The molecule has 0 fully saturated rings. The number of nitrogens with zero attached hydrogens (tertiary/aromatic N) is 2. The van der Waals surface area contributed by atoms with Crippen LogP contribution in [0.25, 0.3) is 11.3 Å². The number of halogens is 2. The number of rotatable bonds is 5. The second-order valence-corrected chi connectivity index (χ2v) is 6.79. The third-order valence-electron chi connectivity index (χ3n) is 4.26. The minimum Gasteiger partial charge on any atom is -0.462 e.